The number of aromatic hydroxyl groups is 2. The molecule has 2 N–H and O–H groups in total. The average Bonchev–Trinajstić information content (AvgIpc) is 2.98. The number of benzene rings is 2. The summed E-state index contributed by atoms with van der Waals surface area (Å²) in [7, 11) is 0. The summed E-state index contributed by atoms with van der Waals surface area (Å²) in [6.07, 6.45) is 14.5. The Balaban J connectivity index is 0.00000211. The van der Waals surface area contributed by atoms with E-state index in [0.717, 1.165) is 100 Å². The summed E-state index contributed by atoms with van der Waals surface area (Å²) in [5.74, 6) is -0.891. The number of phenolic OH excluding ortho intramolecular Hbond substituents is 2. The van der Waals surface area contributed by atoms with Crippen molar-refractivity contribution in [3.05, 3.63) is 57.6 Å². The maximum Gasteiger partial charge on any atom is 2.00 e. The number of aryl methyl sites for hydroxylation is 2. The molecule has 1 radical (unpaired) electrons. The van der Waals surface area contributed by atoms with E-state index in [1.165, 1.54) is 11.1 Å². The van der Waals surface area contributed by atoms with Crippen molar-refractivity contribution in [1.29, 1.82) is 0 Å². The van der Waals surface area contributed by atoms with Gasteiger partial charge < -0.3 is 30.0 Å². The molecule has 1 saturated carbocycles. The van der Waals surface area contributed by atoms with E-state index in [1.54, 1.807) is 0 Å². The quantitative estimate of drug-likeness (QED) is 0.246. The Morgan fingerprint density at radius 2 is 1.11 bits per heavy atom. The number of hydrogen-bond donors (Lipinski definition) is 2. The smallest absolute Gasteiger partial charge is 0.550 e. The maximum absolute atomic E-state index is 10.9. The Hall–Kier alpha value is -3.17. The van der Waals surface area contributed by atoms with Gasteiger partial charge in [0.15, 0.2) is 0 Å². The van der Waals surface area contributed by atoms with E-state index in [-0.39, 0.29) is 40.7 Å². The summed E-state index contributed by atoms with van der Waals surface area (Å²) >= 11 is 0. The second kappa shape index (κ2) is 23.2. The average molecular weight is 696 g/mol. The number of hydrogen-bond acceptors (Lipinski definition) is 8. The molecule has 2 aromatic carbocycles. The Labute approximate surface area is 293 Å². The number of nitrogens with zero attached hydrogens (tertiary/aromatic N) is 2. The third-order valence-electron chi connectivity index (χ3n) is 7.81. The van der Waals surface area contributed by atoms with Crippen LogP contribution in [-0.4, -0.2) is 46.7 Å². The zero-order valence-electron chi connectivity index (χ0n) is 29.6. The van der Waals surface area contributed by atoms with Gasteiger partial charge in [0.05, 0.1) is 12.1 Å². The molecule has 1 aliphatic carbocycles. The number of phenols is 2. The third-order valence-corrected chi connectivity index (χ3v) is 7.81. The van der Waals surface area contributed by atoms with Crippen molar-refractivity contribution in [1.82, 2.24) is 0 Å². The van der Waals surface area contributed by atoms with E-state index in [4.69, 9.17) is 29.8 Å². The minimum atomic E-state index is -1.08. The zero-order chi connectivity index (χ0) is 34.8. The Kier molecular flexibility index (Phi) is 21.6. The molecule has 0 aromatic heterocycles. The van der Waals surface area contributed by atoms with Gasteiger partial charge in [0, 0.05) is 35.5 Å². The molecule has 0 bridgehead atoms. The first-order chi connectivity index (χ1) is 21.7. The van der Waals surface area contributed by atoms with Crippen molar-refractivity contribution in [2.24, 2.45) is 9.98 Å². The normalized spacial score (nSPS) is 16.0. The van der Waals surface area contributed by atoms with Gasteiger partial charge in [-0.15, -0.1) is 0 Å². The van der Waals surface area contributed by atoms with Crippen LogP contribution in [-0.2, 0) is 39.2 Å². The maximum atomic E-state index is 10.9. The van der Waals surface area contributed by atoms with Gasteiger partial charge >= 0.3 is 16.8 Å². The molecule has 2 atom stereocenters. The Morgan fingerprint density at radius 3 is 1.40 bits per heavy atom. The fourth-order valence-corrected chi connectivity index (χ4v) is 5.40. The van der Waals surface area contributed by atoms with Crippen molar-refractivity contribution in [2.75, 3.05) is 0 Å². The van der Waals surface area contributed by atoms with Crippen LogP contribution in [0.4, 0.5) is 0 Å². The van der Waals surface area contributed by atoms with E-state index in [1.807, 2.05) is 12.4 Å². The Morgan fingerprint density at radius 1 is 0.766 bits per heavy atom. The summed E-state index contributed by atoms with van der Waals surface area (Å²) in [5, 5.41) is 39.6. The molecule has 0 spiro atoms. The number of carboxylic acid groups (broad SMARTS) is 2. The van der Waals surface area contributed by atoms with Crippen LogP contribution in [0.15, 0.2) is 34.3 Å². The second-order valence-corrected chi connectivity index (χ2v) is 12.8. The van der Waals surface area contributed by atoms with Crippen LogP contribution in [0.3, 0.4) is 0 Å². The molecule has 8 nitrogen and oxygen atoms in total. The molecule has 0 heterocycles. The SMILES string of the molecule is CC(=O)[O-].CC(=O)[O-].CCCCc1cc(C=NC2CCCC(N=Cc3cc(CCCC)cc(C(C)C)c3O)C2)c(O)c(C(C)C)c1.[Co+2]. The first-order valence-electron chi connectivity index (χ1n) is 16.8. The number of carbonyl (C=O) groups is 2. The second-order valence-electron chi connectivity index (χ2n) is 12.8. The Bertz CT molecular complexity index is 1200. The predicted octanol–water partition coefficient (Wildman–Crippen LogP) is 6.39. The fraction of sp³-hybridized carbons (Fsp3) is 0.579. The molecule has 2 aromatic rings. The van der Waals surface area contributed by atoms with Crippen molar-refractivity contribution in [2.45, 2.75) is 144 Å². The minimum absolute atomic E-state index is 0. The topological polar surface area (TPSA) is 145 Å². The van der Waals surface area contributed by atoms with Crippen molar-refractivity contribution < 1.29 is 46.8 Å². The van der Waals surface area contributed by atoms with Crippen molar-refractivity contribution >= 4 is 24.4 Å². The molecule has 2 unspecified atom stereocenters. The molecule has 47 heavy (non-hydrogen) atoms. The minimum Gasteiger partial charge on any atom is -0.550 e. The molecule has 263 valence electrons. The van der Waals surface area contributed by atoms with Crippen molar-refractivity contribution in [3.63, 3.8) is 0 Å². The van der Waals surface area contributed by atoms with Gasteiger partial charge in [-0.1, -0.05) is 66.5 Å². The molecule has 0 amide bonds. The number of aliphatic carboxylic acids is 2. The van der Waals surface area contributed by atoms with Gasteiger partial charge in [0.2, 0.25) is 0 Å². The molecule has 9 heteroatoms. The van der Waals surface area contributed by atoms with Gasteiger partial charge in [-0.25, -0.2) is 0 Å². The molecular weight excluding hydrogens is 639 g/mol. The molecular formula is C38H56CoN2O6. The van der Waals surface area contributed by atoms with E-state index >= 15 is 0 Å². The van der Waals surface area contributed by atoms with Gasteiger partial charge in [-0.2, -0.15) is 0 Å². The molecule has 3 rings (SSSR count). The summed E-state index contributed by atoms with van der Waals surface area (Å²) in [4.78, 5) is 27.6. The van der Waals surface area contributed by atoms with E-state index in [9.17, 15) is 10.2 Å². The monoisotopic (exact) mass is 695 g/mol. The standard InChI is InChI=1S/C34H50N2O2.2C2H4O2.Co/c1-7-9-12-25-16-27(33(37)31(18-25)23(3)4)21-35-29-14-11-15-30(20-29)36-22-28-17-26(13-10-8-2)19-32(24(5)6)34(28)38;2*1-2(3)4;/h16-19,21-24,29-30,37-38H,7-15,20H2,1-6H3;2*1H3,(H,3,4);/q;;;+2/p-2. The summed E-state index contributed by atoms with van der Waals surface area (Å²) < 4.78 is 0. The molecule has 1 fully saturated rings. The number of rotatable bonds is 12. The van der Waals surface area contributed by atoms with Gasteiger partial charge in [-0.05, 0) is 111 Å². The third kappa shape index (κ3) is 17.0. The van der Waals surface area contributed by atoms with Crippen LogP contribution in [0, 0.1) is 0 Å². The summed E-state index contributed by atoms with van der Waals surface area (Å²) in [6.45, 7) is 14.9. The first kappa shape index (κ1) is 43.8. The van der Waals surface area contributed by atoms with Crippen molar-refractivity contribution in [3.8, 4) is 11.5 Å². The van der Waals surface area contributed by atoms with Crippen LogP contribution in [0.1, 0.15) is 152 Å². The van der Waals surface area contributed by atoms with Crippen LogP contribution in [0.2, 0.25) is 0 Å². The van der Waals surface area contributed by atoms with E-state index < -0.39 is 11.9 Å². The fourth-order valence-electron chi connectivity index (χ4n) is 5.40. The van der Waals surface area contributed by atoms with E-state index in [2.05, 4.69) is 65.8 Å². The number of carboxylic acids is 2. The van der Waals surface area contributed by atoms with Crippen LogP contribution in [0.25, 0.3) is 0 Å². The number of carbonyl (C=O) groups excluding carboxylic acids is 2. The van der Waals surface area contributed by atoms with Gasteiger partial charge in [0.25, 0.3) is 0 Å². The summed E-state index contributed by atoms with van der Waals surface area (Å²) in [6, 6.07) is 8.94. The van der Waals surface area contributed by atoms with Crippen LogP contribution in [0.5, 0.6) is 11.5 Å². The van der Waals surface area contributed by atoms with Crippen LogP contribution < -0.4 is 10.2 Å². The first-order valence-corrected chi connectivity index (χ1v) is 16.8. The molecule has 0 saturated heterocycles. The largest absolute Gasteiger partial charge is 2.00 e. The van der Waals surface area contributed by atoms with E-state index in [0.29, 0.717) is 11.5 Å². The van der Waals surface area contributed by atoms with Crippen LogP contribution >= 0.6 is 0 Å². The summed E-state index contributed by atoms with van der Waals surface area (Å²) in [5.41, 5.74) is 6.25. The zero-order valence-corrected chi connectivity index (χ0v) is 30.6. The molecule has 1 aliphatic rings. The predicted molar refractivity (Wildman–Crippen MR) is 184 cm³/mol. The molecule has 0 aliphatic heterocycles. The number of unbranched alkanes of at least 4 members (excludes halogenated alkanes) is 2. The van der Waals surface area contributed by atoms with Gasteiger partial charge in [-0.3, -0.25) is 9.98 Å². The van der Waals surface area contributed by atoms with Gasteiger partial charge in [0.1, 0.15) is 11.5 Å². The number of aliphatic imine (C=N–C) groups is 2.